The molecule has 2 aromatic heterocycles. The van der Waals surface area contributed by atoms with E-state index in [0.717, 1.165) is 36.2 Å². The van der Waals surface area contributed by atoms with Gasteiger partial charge in [-0.2, -0.15) is 0 Å². The van der Waals surface area contributed by atoms with E-state index in [1.807, 2.05) is 18.4 Å². The molecule has 1 aliphatic heterocycles. The quantitative estimate of drug-likeness (QED) is 0.371. The first-order valence-corrected chi connectivity index (χ1v) is 10.8. The van der Waals surface area contributed by atoms with E-state index in [1.165, 1.54) is 42.0 Å². The lowest BCUT2D eigenvalue weighted by Crippen LogP contribution is -2.43. The molecule has 4 nitrogen and oxygen atoms in total. The second-order valence-electron chi connectivity index (χ2n) is 7.27. The lowest BCUT2D eigenvalue weighted by Gasteiger charge is -2.38. The monoisotopic (exact) mass is 502 g/mol. The zero-order valence-electron chi connectivity index (χ0n) is 15.5. The predicted molar refractivity (Wildman–Crippen MR) is 123 cm³/mol. The molecular formula is C19H27IN4S2. The molecule has 2 aliphatic rings. The number of guanidine groups is 1. The Bertz CT molecular complexity index is 763. The van der Waals surface area contributed by atoms with Gasteiger partial charge >= 0.3 is 0 Å². The van der Waals surface area contributed by atoms with Crippen LogP contribution in [0.25, 0.3) is 10.6 Å². The van der Waals surface area contributed by atoms with Crippen LogP contribution in [-0.2, 0) is 6.42 Å². The van der Waals surface area contributed by atoms with Crippen LogP contribution in [0.4, 0.5) is 0 Å². The topological polar surface area (TPSA) is 40.5 Å². The molecule has 1 aliphatic carbocycles. The van der Waals surface area contributed by atoms with Crippen molar-refractivity contribution in [1.29, 1.82) is 0 Å². The van der Waals surface area contributed by atoms with Crippen LogP contribution in [0.2, 0.25) is 0 Å². The highest BCUT2D eigenvalue weighted by atomic mass is 127. The molecular weight excluding hydrogens is 475 g/mol. The van der Waals surface area contributed by atoms with Gasteiger partial charge in [0.15, 0.2) is 5.96 Å². The average molecular weight is 502 g/mol. The number of thiazole rings is 1. The van der Waals surface area contributed by atoms with Crippen molar-refractivity contribution in [2.75, 3.05) is 26.7 Å². The van der Waals surface area contributed by atoms with Crippen molar-refractivity contribution < 1.29 is 0 Å². The van der Waals surface area contributed by atoms with E-state index in [4.69, 9.17) is 0 Å². The third kappa shape index (κ3) is 4.25. The summed E-state index contributed by atoms with van der Waals surface area (Å²) in [6, 6.07) is 4.43. The summed E-state index contributed by atoms with van der Waals surface area (Å²) in [6.45, 7) is 5.35. The van der Waals surface area contributed by atoms with Crippen LogP contribution in [0.3, 0.4) is 0 Å². The van der Waals surface area contributed by atoms with E-state index in [0.29, 0.717) is 5.41 Å². The van der Waals surface area contributed by atoms with Crippen molar-refractivity contribution >= 4 is 52.6 Å². The molecule has 2 aromatic rings. The van der Waals surface area contributed by atoms with Crippen molar-refractivity contribution in [1.82, 2.24) is 15.2 Å². The Labute approximate surface area is 181 Å². The van der Waals surface area contributed by atoms with Crippen molar-refractivity contribution in [2.45, 2.75) is 39.0 Å². The third-order valence-corrected chi connectivity index (χ3v) is 7.49. The van der Waals surface area contributed by atoms with Gasteiger partial charge < -0.3 is 10.2 Å². The summed E-state index contributed by atoms with van der Waals surface area (Å²) < 4.78 is 0. The van der Waals surface area contributed by atoms with Crippen molar-refractivity contribution in [3.05, 3.63) is 27.4 Å². The minimum Gasteiger partial charge on any atom is -0.356 e. The summed E-state index contributed by atoms with van der Waals surface area (Å²) in [7, 11) is 1.90. The standard InChI is InChI=1S/C19H26N4S2.HI/c1-14-22-16(12-24-14)17-5-4-15(25-17)6-10-21-18(20-2)23-11-9-19(13-23)7-3-8-19;/h4-5,12H,3,6-11,13H2,1-2H3,(H,20,21);1H. The summed E-state index contributed by atoms with van der Waals surface area (Å²) in [4.78, 5) is 14.2. The van der Waals surface area contributed by atoms with Gasteiger partial charge in [0.25, 0.3) is 0 Å². The second-order valence-corrected chi connectivity index (χ2v) is 9.50. The van der Waals surface area contributed by atoms with E-state index < -0.39 is 0 Å². The minimum atomic E-state index is 0. The molecule has 1 N–H and O–H groups in total. The normalized spacial score (nSPS) is 18.7. The van der Waals surface area contributed by atoms with E-state index in [-0.39, 0.29) is 24.0 Å². The molecule has 0 aromatic carbocycles. The van der Waals surface area contributed by atoms with Crippen molar-refractivity contribution in [3.8, 4) is 10.6 Å². The zero-order chi connectivity index (χ0) is 17.3. The van der Waals surface area contributed by atoms with Gasteiger partial charge in [-0.3, -0.25) is 4.99 Å². The molecule has 26 heavy (non-hydrogen) atoms. The van der Waals surface area contributed by atoms with Crippen LogP contribution in [0.5, 0.6) is 0 Å². The molecule has 1 saturated heterocycles. The molecule has 7 heteroatoms. The molecule has 4 rings (SSSR count). The SMILES string of the molecule is CN=C(NCCc1ccc(-c2csc(C)n2)s1)N1CCC2(CCC2)C1.I. The van der Waals surface area contributed by atoms with Gasteiger partial charge in [0.1, 0.15) is 0 Å². The number of nitrogens with one attached hydrogen (secondary N) is 1. The Balaban J connectivity index is 0.00000196. The summed E-state index contributed by atoms with van der Waals surface area (Å²) in [5, 5.41) is 6.85. The van der Waals surface area contributed by atoms with Gasteiger partial charge in [-0.25, -0.2) is 4.98 Å². The molecule has 142 valence electrons. The number of thiophene rings is 1. The average Bonchev–Trinajstić information content (AvgIpc) is 3.29. The number of nitrogens with zero attached hydrogens (tertiary/aromatic N) is 3. The number of aryl methyl sites for hydroxylation is 1. The third-order valence-electron chi connectivity index (χ3n) is 5.55. The number of rotatable bonds is 4. The fourth-order valence-electron chi connectivity index (χ4n) is 3.96. The van der Waals surface area contributed by atoms with Crippen LogP contribution in [0.15, 0.2) is 22.5 Å². The second kappa shape index (κ2) is 8.56. The molecule has 2 fully saturated rings. The van der Waals surface area contributed by atoms with Gasteiger partial charge in [0.2, 0.25) is 0 Å². The Morgan fingerprint density at radius 3 is 2.81 bits per heavy atom. The molecule has 1 saturated carbocycles. The van der Waals surface area contributed by atoms with Gasteiger partial charge in [0, 0.05) is 36.9 Å². The van der Waals surface area contributed by atoms with Crippen LogP contribution < -0.4 is 5.32 Å². The van der Waals surface area contributed by atoms with Gasteiger partial charge in [0.05, 0.1) is 15.6 Å². The molecule has 3 heterocycles. The molecule has 0 atom stereocenters. The lowest BCUT2D eigenvalue weighted by atomic mass is 9.68. The maximum Gasteiger partial charge on any atom is 0.193 e. The number of hydrogen-bond donors (Lipinski definition) is 1. The number of aromatic nitrogens is 1. The maximum atomic E-state index is 4.58. The summed E-state index contributed by atoms with van der Waals surface area (Å²) in [6.07, 6.45) is 6.61. The van der Waals surface area contributed by atoms with Gasteiger partial charge in [-0.1, -0.05) is 6.42 Å². The Morgan fingerprint density at radius 2 is 2.19 bits per heavy atom. The molecule has 0 amide bonds. The number of likely N-dealkylation sites (tertiary alicyclic amines) is 1. The van der Waals surface area contributed by atoms with Gasteiger partial charge in [-0.15, -0.1) is 46.7 Å². The lowest BCUT2D eigenvalue weighted by molar-refractivity contribution is 0.151. The first-order chi connectivity index (χ1) is 12.2. The number of hydrogen-bond acceptors (Lipinski definition) is 4. The molecule has 0 radical (unpaired) electrons. The van der Waals surface area contributed by atoms with E-state index in [9.17, 15) is 0 Å². The highest BCUT2D eigenvalue weighted by Gasteiger charge is 2.43. The van der Waals surface area contributed by atoms with Crippen LogP contribution in [0, 0.1) is 12.3 Å². The van der Waals surface area contributed by atoms with Crippen molar-refractivity contribution in [3.63, 3.8) is 0 Å². The Hall–Kier alpha value is -0.670. The molecule has 1 spiro atoms. The molecule has 0 bridgehead atoms. The first kappa shape index (κ1) is 20.1. The van der Waals surface area contributed by atoms with Crippen molar-refractivity contribution in [2.24, 2.45) is 10.4 Å². The summed E-state index contributed by atoms with van der Waals surface area (Å²) >= 11 is 3.57. The number of halogens is 1. The van der Waals surface area contributed by atoms with Crippen LogP contribution in [-0.4, -0.2) is 42.5 Å². The zero-order valence-corrected chi connectivity index (χ0v) is 19.4. The smallest absolute Gasteiger partial charge is 0.193 e. The van der Waals surface area contributed by atoms with E-state index >= 15 is 0 Å². The maximum absolute atomic E-state index is 4.58. The first-order valence-electron chi connectivity index (χ1n) is 9.14. The van der Waals surface area contributed by atoms with E-state index in [1.54, 1.807) is 11.3 Å². The largest absolute Gasteiger partial charge is 0.356 e. The highest BCUT2D eigenvalue weighted by molar-refractivity contribution is 14.0. The minimum absolute atomic E-state index is 0. The fourth-order valence-corrected chi connectivity index (χ4v) is 5.61. The Kier molecular flexibility index (Phi) is 6.61. The molecule has 0 unspecified atom stereocenters. The summed E-state index contributed by atoms with van der Waals surface area (Å²) in [5.41, 5.74) is 1.73. The van der Waals surface area contributed by atoms with Crippen LogP contribution in [0.1, 0.15) is 35.6 Å². The highest BCUT2D eigenvalue weighted by Crippen LogP contribution is 2.47. The van der Waals surface area contributed by atoms with E-state index in [2.05, 4.69) is 44.6 Å². The Morgan fingerprint density at radius 1 is 1.35 bits per heavy atom. The van der Waals surface area contributed by atoms with Gasteiger partial charge in [-0.05, 0) is 50.2 Å². The number of aliphatic imine (C=N–C) groups is 1. The summed E-state index contributed by atoms with van der Waals surface area (Å²) in [5.74, 6) is 1.08. The predicted octanol–water partition coefficient (Wildman–Crippen LogP) is 4.79. The van der Waals surface area contributed by atoms with Crippen LogP contribution >= 0.6 is 46.7 Å². The fraction of sp³-hybridized carbons (Fsp3) is 0.579.